The molecule has 0 fully saturated rings. The molecule has 6 heterocycles. The van der Waals surface area contributed by atoms with Gasteiger partial charge in [-0.25, -0.2) is 19.9 Å². The van der Waals surface area contributed by atoms with Gasteiger partial charge in [-0.2, -0.15) is 0 Å². The number of pyridine rings is 2. The van der Waals surface area contributed by atoms with Crippen molar-refractivity contribution in [3.63, 3.8) is 0 Å². The molecule has 0 radical (unpaired) electrons. The number of hydrogen-bond acceptors (Lipinski definition) is 12. The molecule has 0 aliphatic rings. The Morgan fingerprint density at radius 2 is 1.30 bits per heavy atom. The summed E-state index contributed by atoms with van der Waals surface area (Å²) in [5.74, 6) is 0.256. The maximum Gasteiger partial charge on any atom is 0.271 e. The number of nitrogens with one attached hydrogen (secondary N) is 2. The number of thiophene rings is 2. The molecule has 0 saturated carbocycles. The van der Waals surface area contributed by atoms with E-state index in [1.807, 2.05) is 128 Å². The van der Waals surface area contributed by atoms with Crippen LogP contribution in [0.5, 0.6) is 0 Å². The van der Waals surface area contributed by atoms with Crippen molar-refractivity contribution in [3.05, 3.63) is 172 Å². The summed E-state index contributed by atoms with van der Waals surface area (Å²) in [6, 6.07) is 31.3. The SMILES string of the molecule is C[C@H](N)c1cccnc1.C[C@H](Nc1nc(C(=O)CCc2ccccc2)c2sccc2n1)c1cccnc1.O=C(NCc1ccccc1)c1nc(Cl)nc2ccsc12. The van der Waals surface area contributed by atoms with Crippen molar-refractivity contribution >= 4 is 72.3 Å². The van der Waals surface area contributed by atoms with Crippen molar-refractivity contribution in [3.8, 4) is 0 Å². The number of nitrogens with two attached hydrogens (primary N) is 1. The molecule has 8 aromatic rings. The van der Waals surface area contributed by atoms with Crippen molar-refractivity contribution in [2.75, 3.05) is 5.32 Å². The van der Waals surface area contributed by atoms with Gasteiger partial charge in [0, 0.05) is 43.8 Å². The molecule has 0 aliphatic carbocycles. The van der Waals surface area contributed by atoms with Gasteiger partial charge in [0.15, 0.2) is 11.5 Å². The molecule has 8 rings (SSSR count). The van der Waals surface area contributed by atoms with Crippen molar-refractivity contribution in [1.29, 1.82) is 0 Å². The third kappa shape index (κ3) is 11.5. The van der Waals surface area contributed by atoms with E-state index in [1.54, 1.807) is 18.6 Å². The Morgan fingerprint density at radius 1 is 0.702 bits per heavy atom. The minimum Gasteiger partial charge on any atom is -0.348 e. The summed E-state index contributed by atoms with van der Waals surface area (Å²) in [6.07, 6.45) is 8.20. The van der Waals surface area contributed by atoms with E-state index in [-0.39, 0.29) is 29.1 Å². The largest absolute Gasteiger partial charge is 0.348 e. The molecule has 4 N–H and O–H groups in total. The molecule has 0 bridgehead atoms. The Bertz CT molecular complexity index is 2500. The van der Waals surface area contributed by atoms with Crippen molar-refractivity contribution in [1.82, 2.24) is 35.2 Å². The van der Waals surface area contributed by atoms with Crippen LogP contribution in [0.25, 0.3) is 20.4 Å². The lowest BCUT2D eigenvalue weighted by molar-refractivity contribution is 0.0946. The van der Waals surface area contributed by atoms with E-state index in [0.717, 1.165) is 37.2 Å². The van der Waals surface area contributed by atoms with Gasteiger partial charge in [-0.05, 0) is 89.1 Å². The van der Waals surface area contributed by atoms with E-state index >= 15 is 0 Å². The number of aryl methyl sites for hydroxylation is 1. The number of rotatable bonds is 11. The highest BCUT2D eigenvalue weighted by atomic mass is 35.5. The van der Waals surface area contributed by atoms with Gasteiger partial charge in [-0.3, -0.25) is 19.6 Å². The molecular formula is C43H40ClN9O2S2. The lowest BCUT2D eigenvalue weighted by Gasteiger charge is -2.14. The number of Topliss-reactive ketones (excluding diaryl/α,β-unsaturated/α-hetero) is 1. The average molecular weight is 814 g/mol. The highest BCUT2D eigenvalue weighted by molar-refractivity contribution is 7.17. The van der Waals surface area contributed by atoms with Crippen LogP contribution in [0, 0.1) is 0 Å². The third-order valence-corrected chi connectivity index (χ3v) is 10.6. The fourth-order valence-corrected chi connectivity index (χ4v) is 7.37. The van der Waals surface area contributed by atoms with Gasteiger partial charge in [0.2, 0.25) is 11.2 Å². The van der Waals surface area contributed by atoms with Crippen LogP contribution in [0.3, 0.4) is 0 Å². The van der Waals surface area contributed by atoms with Crippen LogP contribution >= 0.6 is 34.3 Å². The summed E-state index contributed by atoms with van der Waals surface area (Å²) in [5.41, 5.74) is 12.2. The van der Waals surface area contributed by atoms with Gasteiger partial charge in [-0.15, -0.1) is 22.7 Å². The molecule has 2 aromatic carbocycles. The van der Waals surface area contributed by atoms with E-state index in [9.17, 15) is 9.59 Å². The molecule has 0 aliphatic heterocycles. The normalized spacial score (nSPS) is 11.7. The summed E-state index contributed by atoms with van der Waals surface area (Å²) in [6.45, 7) is 4.42. The maximum atomic E-state index is 12.9. The third-order valence-electron chi connectivity index (χ3n) is 8.58. The number of carbonyl (C=O) groups excluding carboxylic acids is 2. The first-order valence-corrected chi connectivity index (χ1v) is 20.3. The summed E-state index contributed by atoms with van der Waals surface area (Å²) in [7, 11) is 0. The van der Waals surface area contributed by atoms with Crippen LogP contribution in [-0.4, -0.2) is 41.6 Å². The first-order valence-electron chi connectivity index (χ1n) is 18.1. The summed E-state index contributed by atoms with van der Waals surface area (Å²) < 4.78 is 1.60. The topological polar surface area (TPSA) is 162 Å². The molecule has 11 nitrogen and oxygen atoms in total. The zero-order chi connectivity index (χ0) is 40.0. The fourth-order valence-electron chi connectivity index (χ4n) is 5.54. The highest BCUT2D eigenvalue weighted by Crippen LogP contribution is 2.27. The van der Waals surface area contributed by atoms with Crippen LogP contribution in [0.2, 0.25) is 5.28 Å². The van der Waals surface area contributed by atoms with Crippen LogP contribution in [0.4, 0.5) is 5.95 Å². The summed E-state index contributed by atoms with van der Waals surface area (Å²) in [4.78, 5) is 50.5. The summed E-state index contributed by atoms with van der Waals surface area (Å²) >= 11 is 8.78. The Balaban J connectivity index is 0.000000164. The fraction of sp³-hybridized carbons (Fsp3) is 0.163. The van der Waals surface area contributed by atoms with Crippen LogP contribution < -0.4 is 16.4 Å². The van der Waals surface area contributed by atoms with Gasteiger partial charge < -0.3 is 16.4 Å². The number of ketones is 1. The van der Waals surface area contributed by atoms with Crippen LogP contribution in [0.15, 0.2) is 133 Å². The van der Waals surface area contributed by atoms with Gasteiger partial charge in [-0.1, -0.05) is 72.8 Å². The molecule has 0 spiro atoms. The number of benzene rings is 2. The van der Waals surface area contributed by atoms with Gasteiger partial charge in [0.05, 0.1) is 26.5 Å². The highest BCUT2D eigenvalue weighted by Gasteiger charge is 2.18. The number of amides is 1. The van der Waals surface area contributed by atoms with E-state index in [2.05, 4.69) is 40.5 Å². The minimum absolute atomic E-state index is 0.0166. The summed E-state index contributed by atoms with van der Waals surface area (Å²) in [5, 5.41) is 10.0. The van der Waals surface area contributed by atoms with Crippen molar-refractivity contribution < 1.29 is 9.59 Å². The second-order valence-corrected chi connectivity index (χ2v) is 15.0. The Hall–Kier alpha value is -5.99. The van der Waals surface area contributed by atoms with E-state index in [4.69, 9.17) is 17.3 Å². The number of fused-ring (bicyclic) bond motifs is 2. The predicted octanol–water partition coefficient (Wildman–Crippen LogP) is 9.45. The Labute approximate surface area is 343 Å². The number of carbonyl (C=O) groups is 2. The molecule has 14 heteroatoms. The zero-order valence-corrected chi connectivity index (χ0v) is 33.6. The van der Waals surface area contributed by atoms with E-state index in [0.29, 0.717) is 42.2 Å². The minimum atomic E-state index is -0.245. The van der Waals surface area contributed by atoms with Gasteiger partial charge in [0.25, 0.3) is 5.91 Å². The lowest BCUT2D eigenvalue weighted by atomic mass is 10.1. The number of nitrogens with zero attached hydrogens (tertiary/aromatic N) is 6. The molecule has 1 amide bonds. The lowest BCUT2D eigenvalue weighted by Crippen LogP contribution is -2.24. The van der Waals surface area contributed by atoms with Gasteiger partial charge in [0.1, 0.15) is 5.69 Å². The van der Waals surface area contributed by atoms with Crippen LogP contribution in [0.1, 0.15) is 75.6 Å². The molecule has 0 unspecified atom stereocenters. The second kappa shape index (κ2) is 20.3. The second-order valence-electron chi connectivity index (χ2n) is 12.8. The van der Waals surface area contributed by atoms with Crippen LogP contribution in [-0.2, 0) is 13.0 Å². The number of aromatic nitrogens is 6. The van der Waals surface area contributed by atoms with E-state index in [1.165, 1.54) is 22.7 Å². The first kappa shape index (κ1) is 40.7. The molecule has 2 atom stereocenters. The number of anilines is 1. The molecule has 0 saturated heterocycles. The Morgan fingerprint density at radius 3 is 1.89 bits per heavy atom. The standard InChI is InChI=1S/C22H20N4OS.C14H10ClN3OS.C7H10N2/c1-15(17-8-5-12-23-14-17)24-22-25-18-11-13-28-21(18)20(26-22)19(27)10-9-16-6-3-2-4-7-16;15-14-17-10-6-7-20-12(10)11(18-14)13(19)16-8-9-4-2-1-3-5-9;1-6(8)7-3-2-4-9-5-7/h2-8,11-15H,9-10H2,1H3,(H,24,25,26);1-7H,8H2,(H,16,19);2-6H,8H2,1H3/t15-;;6-/m0.0/s1. The monoisotopic (exact) mass is 813 g/mol. The maximum absolute atomic E-state index is 12.9. The number of hydrogen-bond donors (Lipinski definition) is 3. The molecular weight excluding hydrogens is 774 g/mol. The smallest absolute Gasteiger partial charge is 0.271 e. The van der Waals surface area contributed by atoms with Crippen molar-refractivity contribution in [2.45, 2.75) is 45.3 Å². The molecule has 288 valence electrons. The van der Waals surface area contributed by atoms with Gasteiger partial charge >= 0.3 is 0 Å². The predicted molar refractivity (Wildman–Crippen MR) is 230 cm³/mol. The first-order chi connectivity index (χ1) is 27.7. The average Bonchev–Trinajstić information content (AvgIpc) is 3.93. The van der Waals surface area contributed by atoms with E-state index < -0.39 is 0 Å². The molecule has 57 heavy (non-hydrogen) atoms. The quantitative estimate of drug-likeness (QED) is 0.0847. The zero-order valence-electron chi connectivity index (χ0n) is 31.2. The Kier molecular flexibility index (Phi) is 14.5. The molecule has 6 aromatic heterocycles. The van der Waals surface area contributed by atoms with Crippen molar-refractivity contribution in [2.24, 2.45) is 5.73 Å². The number of halogens is 1.